The SMILES string of the molecule is CCCNC(N)=NCc1cc(OC)c(OC)cc1OC.I. The number of ether oxygens (including phenoxy) is 3. The second-order valence-electron chi connectivity index (χ2n) is 4.15. The Morgan fingerprint density at radius 2 is 1.67 bits per heavy atom. The maximum Gasteiger partial charge on any atom is 0.188 e. The first-order valence-electron chi connectivity index (χ1n) is 6.48. The van der Waals surface area contributed by atoms with Crippen molar-refractivity contribution in [2.75, 3.05) is 27.9 Å². The van der Waals surface area contributed by atoms with Crippen LogP contribution in [0.25, 0.3) is 0 Å². The van der Waals surface area contributed by atoms with E-state index in [1.807, 2.05) is 6.07 Å². The van der Waals surface area contributed by atoms with Gasteiger partial charge in [0.15, 0.2) is 17.5 Å². The van der Waals surface area contributed by atoms with E-state index in [0.29, 0.717) is 29.8 Å². The summed E-state index contributed by atoms with van der Waals surface area (Å²) in [5.74, 6) is 2.37. The molecule has 0 aromatic heterocycles. The minimum atomic E-state index is 0. The third-order valence-electron chi connectivity index (χ3n) is 2.76. The summed E-state index contributed by atoms with van der Waals surface area (Å²) in [7, 11) is 4.78. The Bertz CT molecular complexity index is 467. The Morgan fingerprint density at radius 1 is 1.10 bits per heavy atom. The molecular formula is C14H24IN3O3. The number of halogens is 1. The van der Waals surface area contributed by atoms with Crippen LogP contribution >= 0.6 is 24.0 Å². The molecule has 3 N–H and O–H groups in total. The number of hydrogen-bond donors (Lipinski definition) is 2. The largest absolute Gasteiger partial charge is 0.496 e. The number of nitrogens with two attached hydrogens (primary N) is 1. The van der Waals surface area contributed by atoms with E-state index in [-0.39, 0.29) is 24.0 Å². The summed E-state index contributed by atoms with van der Waals surface area (Å²) >= 11 is 0. The molecule has 0 saturated carbocycles. The fourth-order valence-electron chi connectivity index (χ4n) is 1.70. The highest BCUT2D eigenvalue weighted by molar-refractivity contribution is 14.0. The molecule has 0 bridgehead atoms. The van der Waals surface area contributed by atoms with Crippen molar-refractivity contribution in [1.82, 2.24) is 5.32 Å². The summed E-state index contributed by atoms with van der Waals surface area (Å²) in [6.07, 6.45) is 0.996. The van der Waals surface area contributed by atoms with Crippen LogP contribution in [-0.2, 0) is 6.54 Å². The molecule has 6 nitrogen and oxygen atoms in total. The molecule has 0 fully saturated rings. The number of nitrogens with zero attached hydrogens (tertiary/aromatic N) is 1. The van der Waals surface area contributed by atoms with Gasteiger partial charge in [0.1, 0.15) is 5.75 Å². The van der Waals surface area contributed by atoms with Crippen LogP contribution in [0, 0.1) is 0 Å². The van der Waals surface area contributed by atoms with Crippen LogP contribution in [-0.4, -0.2) is 33.8 Å². The molecule has 0 saturated heterocycles. The van der Waals surface area contributed by atoms with Gasteiger partial charge < -0.3 is 25.3 Å². The molecule has 0 radical (unpaired) electrons. The molecule has 0 atom stereocenters. The number of benzene rings is 1. The van der Waals surface area contributed by atoms with Crippen molar-refractivity contribution in [2.24, 2.45) is 10.7 Å². The van der Waals surface area contributed by atoms with Gasteiger partial charge >= 0.3 is 0 Å². The standard InChI is InChI=1S/C14H23N3O3.HI/c1-5-6-16-14(15)17-9-10-7-12(19-3)13(20-4)8-11(10)18-2;/h7-8H,5-6,9H2,1-4H3,(H3,15,16,17);1H. The highest BCUT2D eigenvalue weighted by Gasteiger charge is 2.11. The molecule has 0 amide bonds. The molecule has 1 aromatic rings. The normalized spacial score (nSPS) is 10.6. The van der Waals surface area contributed by atoms with Gasteiger partial charge in [0.25, 0.3) is 0 Å². The molecule has 21 heavy (non-hydrogen) atoms. The van der Waals surface area contributed by atoms with Gasteiger partial charge in [-0.25, -0.2) is 4.99 Å². The van der Waals surface area contributed by atoms with Gasteiger partial charge in [0.2, 0.25) is 0 Å². The molecule has 0 aliphatic heterocycles. The van der Waals surface area contributed by atoms with Crippen molar-refractivity contribution in [3.63, 3.8) is 0 Å². The molecule has 0 spiro atoms. The van der Waals surface area contributed by atoms with E-state index in [4.69, 9.17) is 19.9 Å². The van der Waals surface area contributed by atoms with E-state index in [9.17, 15) is 0 Å². The van der Waals surface area contributed by atoms with Crippen molar-refractivity contribution < 1.29 is 14.2 Å². The second-order valence-corrected chi connectivity index (χ2v) is 4.15. The van der Waals surface area contributed by atoms with Gasteiger partial charge in [0.05, 0.1) is 27.9 Å². The summed E-state index contributed by atoms with van der Waals surface area (Å²) in [6.45, 7) is 3.28. The summed E-state index contributed by atoms with van der Waals surface area (Å²) in [6, 6.07) is 3.62. The number of rotatable bonds is 7. The Hall–Kier alpha value is -1.38. The Balaban J connectivity index is 0.00000400. The van der Waals surface area contributed by atoms with Crippen LogP contribution in [0.5, 0.6) is 17.2 Å². The van der Waals surface area contributed by atoms with Crippen molar-refractivity contribution in [1.29, 1.82) is 0 Å². The van der Waals surface area contributed by atoms with Crippen molar-refractivity contribution in [3.05, 3.63) is 17.7 Å². The summed E-state index contributed by atoms with van der Waals surface area (Å²) in [5.41, 5.74) is 6.65. The highest BCUT2D eigenvalue weighted by atomic mass is 127. The number of hydrogen-bond acceptors (Lipinski definition) is 4. The van der Waals surface area contributed by atoms with Gasteiger partial charge in [-0.2, -0.15) is 0 Å². The second kappa shape index (κ2) is 10.4. The zero-order valence-electron chi connectivity index (χ0n) is 12.9. The first-order valence-corrected chi connectivity index (χ1v) is 6.48. The topological polar surface area (TPSA) is 78.1 Å². The van der Waals surface area contributed by atoms with E-state index in [2.05, 4.69) is 17.2 Å². The molecule has 7 heteroatoms. The molecular weight excluding hydrogens is 385 g/mol. The lowest BCUT2D eigenvalue weighted by Gasteiger charge is -2.13. The molecule has 0 aliphatic carbocycles. The monoisotopic (exact) mass is 409 g/mol. The number of nitrogens with one attached hydrogen (secondary N) is 1. The van der Waals surface area contributed by atoms with Crippen molar-refractivity contribution in [3.8, 4) is 17.2 Å². The minimum absolute atomic E-state index is 0. The van der Waals surface area contributed by atoms with E-state index < -0.39 is 0 Å². The number of guanidine groups is 1. The lowest BCUT2D eigenvalue weighted by atomic mass is 10.1. The predicted molar refractivity (Wildman–Crippen MR) is 95.1 cm³/mol. The first kappa shape index (κ1) is 19.6. The van der Waals surface area contributed by atoms with E-state index in [1.54, 1.807) is 27.4 Å². The molecule has 0 heterocycles. The van der Waals surface area contributed by atoms with Crippen LogP contribution < -0.4 is 25.3 Å². The maximum absolute atomic E-state index is 5.77. The summed E-state index contributed by atoms with van der Waals surface area (Å²) < 4.78 is 15.8. The smallest absolute Gasteiger partial charge is 0.188 e. The van der Waals surface area contributed by atoms with Gasteiger partial charge in [-0.05, 0) is 12.5 Å². The van der Waals surface area contributed by atoms with Gasteiger partial charge in [-0.15, -0.1) is 24.0 Å². The molecule has 1 aromatic carbocycles. The molecule has 0 unspecified atom stereocenters. The summed E-state index contributed by atoms with van der Waals surface area (Å²) in [4.78, 5) is 4.28. The van der Waals surface area contributed by atoms with Gasteiger partial charge in [-0.3, -0.25) is 0 Å². The lowest BCUT2D eigenvalue weighted by molar-refractivity contribution is 0.347. The Morgan fingerprint density at radius 3 is 2.19 bits per heavy atom. The third-order valence-corrected chi connectivity index (χ3v) is 2.76. The highest BCUT2D eigenvalue weighted by Crippen LogP contribution is 2.34. The minimum Gasteiger partial charge on any atom is -0.496 e. The molecule has 120 valence electrons. The van der Waals surface area contributed by atoms with Crippen molar-refractivity contribution >= 4 is 29.9 Å². The van der Waals surface area contributed by atoms with Crippen LogP contribution in [0.1, 0.15) is 18.9 Å². The first-order chi connectivity index (χ1) is 9.65. The maximum atomic E-state index is 5.77. The van der Waals surface area contributed by atoms with Crippen LogP contribution in [0.4, 0.5) is 0 Å². The van der Waals surface area contributed by atoms with Gasteiger partial charge in [-0.1, -0.05) is 6.92 Å². The quantitative estimate of drug-likeness (QED) is 0.410. The Labute approximate surface area is 143 Å². The van der Waals surface area contributed by atoms with Crippen LogP contribution in [0.15, 0.2) is 17.1 Å². The fraction of sp³-hybridized carbons (Fsp3) is 0.500. The van der Waals surface area contributed by atoms with Gasteiger partial charge in [0, 0.05) is 18.2 Å². The average Bonchev–Trinajstić information content (AvgIpc) is 2.49. The zero-order valence-corrected chi connectivity index (χ0v) is 15.3. The molecule has 0 aliphatic rings. The predicted octanol–water partition coefficient (Wildman–Crippen LogP) is 2.14. The van der Waals surface area contributed by atoms with E-state index in [1.165, 1.54) is 0 Å². The number of aliphatic imine (C=N–C) groups is 1. The molecule has 1 rings (SSSR count). The zero-order chi connectivity index (χ0) is 15.0. The Kier molecular flexibility index (Phi) is 9.68. The summed E-state index contributed by atoms with van der Waals surface area (Å²) in [5, 5.41) is 3.02. The van der Waals surface area contributed by atoms with Crippen molar-refractivity contribution in [2.45, 2.75) is 19.9 Å². The van der Waals surface area contributed by atoms with E-state index in [0.717, 1.165) is 18.5 Å². The number of methoxy groups -OCH3 is 3. The van der Waals surface area contributed by atoms with Crippen LogP contribution in [0.3, 0.4) is 0 Å². The third kappa shape index (κ3) is 5.86. The lowest BCUT2D eigenvalue weighted by Crippen LogP contribution is -2.32. The fourth-order valence-corrected chi connectivity index (χ4v) is 1.70. The van der Waals surface area contributed by atoms with Crippen LogP contribution in [0.2, 0.25) is 0 Å². The average molecular weight is 409 g/mol. The van der Waals surface area contributed by atoms with E-state index >= 15 is 0 Å².